The highest BCUT2D eigenvalue weighted by molar-refractivity contribution is 5.65. The van der Waals surface area contributed by atoms with Gasteiger partial charge in [-0.25, -0.2) is 0 Å². The lowest BCUT2D eigenvalue weighted by atomic mass is 10.1. The molecule has 0 saturated carbocycles. The van der Waals surface area contributed by atoms with Crippen LogP contribution in [0.15, 0.2) is 65.2 Å². The third-order valence-electron chi connectivity index (χ3n) is 4.99. The number of nitro benzene ring substituents is 1. The van der Waals surface area contributed by atoms with Crippen molar-refractivity contribution in [1.29, 1.82) is 0 Å². The zero-order valence-electron chi connectivity index (χ0n) is 18.7. The van der Waals surface area contributed by atoms with Gasteiger partial charge >= 0.3 is 0 Å². The van der Waals surface area contributed by atoms with Gasteiger partial charge in [-0.05, 0) is 42.0 Å². The van der Waals surface area contributed by atoms with Crippen LogP contribution in [0.3, 0.4) is 0 Å². The number of hydrogen-bond acceptors (Lipinski definition) is 9. The van der Waals surface area contributed by atoms with E-state index in [-0.39, 0.29) is 12.3 Å². The van der Waals surface area contributed by atoms with Crippen molar-refractivity contribution in [2.24, 2.45) is 0 Å². The summed E-state index contributed by atoms with van der Waals surface area (Å²) in [6, 6.07) is 16.8. The number of hydrogen-bond donors (Lipinski definition) is 0. The van der Waals surface area contributed by atoms with Gasteiger partial charge in [-0.1, -0.05) is 17.3 Å². The quantitative estimate of drug-likeness (QED) is 0.252. The molecular formula is C24H21N3O7. The van der Waals surface area contributed by atoms with E-state index in [1.54, 1.807) is 62.8 Å². The Morgan fingerprint density at radius 3 is 2.26 bits per heavy atom. The van der Waals surface area contributed by atoms with E-state index in [1.165, 1.54) is 19.2 Å². The Morgan fingerprint density at radius 2 is 1.53 bits per heavy atom. The van der Waals surface area contributed by atoms with Gasteiger partial charge in [0, 0.05) is 23.3 Å². The normalized spacial score (nSPS) is 10.6. The van der Waals surface area contributed by atoms with Gasteiger partial charge in [0.1, 0.15) is 6.61 Å². The molecule has 0 N–H and O–H groups in total. The summed E-state index contributed by atoms with van der Waals surface area (Å²) in [5, 5.41) is 15.0. The minimum absolute atomic E-state index is 0.00537. The molecule has 0 saturated heterocycles. The van der Waals surface area contributed by atoms with Gasteiger partial charge in [-0.15, -0.1) is 0 Å². The van der Waals surface area contributed by atoms with Crippen molar-refractivity contribution in [3.05, 3.63) is 76.3 Å². The van der Waals surface area contributed by atoms with Crippen LogP contribution in [0.2, 0.25) is 0 Å². The van der Waals surface area contributed by atoms with Crippen molar-refractivity contribution in [1.82, 2.24) is 10.1 Å². The fourth-order valence-electron chi connectivity index (χ4n) is 3.27. The molecule has 0 unspecified atom stereocenters. The van der Waals surface area contributed by atoms with Crippen LogP contribution in [0, 0.1) is 10.1 Å². The highest BCUT2D eigenvalue weighted by atomic mass is 16.6. The maximum absolute atomic E-state index is 11.0. The summed E-state index contributed by atoms with van der Waals surface area (Å²) in [5.74, 6) is 2.76. The van der Waals surface area contributed by atoms with E-state index in [0.717, 1.165) is 0 Å². The molecule has 3 aromatic carbocycles. The van der Waals surface area contributed by atoms with E-state index in [0.29, 0.717) is 51.4 Å². The fourth-order valence-corrected chi connectivity index (χ4v) is 3.27. The summed E-state index contributed by atoms with van der Waals surface area (Å²) >= 11 is 0. The van der Waals surface area contributed by atoms with E-state index in [4.69, 9.17) is 23.5 Å². The van der Waals surface area contributed by atoms with Crippen LogP contribution in [0.4, 0.5) is 5.69 Å². The van der Waals surface area contributed by atoms with Gasteiger partial charge < -0.3 is 23.5 Å². The molecule has 0 bridgehead atoms. The van der Waals surface area contributed by atoms with Crippen molar-refractivity contribution >= 4 is 5.69 Å². The first-order valence-electron chi connectivity index (χ1n) is 10.1. The van der Waals surface area contributed by atoms with E-state index < -0.39 is 4.92 Å². The summed E-state index contributed by atoms with van der Waals surface area (Å²) in [6.07, 6.45) is 0. The molecular weight excluding hydrogens is 442 g/mol. The molecule has 34 heavy (non-hydrogen) atoms. The highest BCUT2D eigenvalue weighted by Crippen LogP contribution is 2.35. The molecule has 0 aliphatic carbocycles. The second kappa shape index (κ2) is 9.90. The number of nitro groups is 1. The van der Waals surface area contributed by atoms with E-state index in [1.807, 2.05) is 0 Å². The van der Waals surface area contributed by atoms with Gasteiger partial charge in [0.15, 0.2) is 23.0 Å². The van der Waals surface area contributed by atoms with Crippen molar-refractivity contribution in [3.63, 3.8) is 0 Å². The lowest BCUT2D eigenvalue weighted by Gasteiger charge is -2.11. The third-order valence-corrected chi connectivity index (χ3v) is 4.99. The Bertz CT molecular complexity index is 1320. The Kier molecular flexibility index (Phi) is 6.58. The van der Waals surface area contributed by atoms with Crippen LogP contribution in [-0.4, -0.2) is 36.4 Å². The summed E-state index contributed by atoms with van der Waals surface area (Å²) < 4.78 is 27.3. The molecule has 0 amide bonds. The lowest BCUT2D eigenvalue weighted by molar-refractivity contribution is -0.384. The largest absolute Gasteiger partial charge is 0.493 e. The second-order valence-electron chi connectivity index (χ2n) is 7.07. The second-order valence-corrected chi connectivity index (χ2v) is 7.07. The molecule has 0 aliphatic rings. The van der Waals surface area contributed by atoms with Crippen molar-refractivity contribution in [2.45, 2.75) is 6.61 Å². The highest BCUT2D eigenvalue weighted by Gasteiger charge is 2.16. The van der Waals surface area contributed by atoms with Crippen LogP contribution < -0.4 is 18.9 Å². The summed E-state index contributed by atoms with van der Waals surface area (Å²) in [6.45, 7) is 0.142. The summed E-state index contributed by atoms with van der Waals surface area (Å²) in [5.41, 5.74) is 2.01. The first-order chi connectivity index (χ1) is 16.5. The molecule has 10 nitrogen and oxygen atoms in total. The van der Waals surface area contributed by atoms with Crippen molar-refractivity contribution in [3.8, 4) is 45.8 Å². The van der Waals surface area contributed by atoms with Crippen molar-refractivity contribution < 1.29 is 28.4 Å². The number of rotatable bonds is 9. The average molecular weight is 463 g/mol. The smallest absolute Gasteiger partial charge is 0.269 e. The van der Waals surface area contributed by atoms with E-state index in [2.05, 4.69) is 10.1 Å². The van der Waals surface area contributed by atoms with Gasteiger partial charge in [0.05, 0.1) is 26.3 Å². The Hall–Kier alpha value is -4.60. The number of methoxy groups -OCH3 is 3. The number of benzene rings is 3. The Morgan fingerprint density at radius 1 is 0.853 bits per heavy atom. The minimum atomic E-state index is -0.444. The van der Waals surface area contributed by atoms with Gasteiger partial charge in [-0.3, -0.25) is 10.1 Å². The average Bonchev–Trinajstić information content (AvgIpc) is 3.37. The standard InChI is InChI=1S/C24H21N3O7/c1-30-19-9-8-17(13-21(19)31-2)24-25-23(26-34-24)16-7-10-20(22(12-16)32-3)33-14-15-5-4-6-18(11-15)27(28)29/h4-13H,14H2,1-3H3. The molecule has 10 heteroatoms. The lowest BCUT2D eigenvalue weighted by Crippen LogP contribution is -1.99. The molecule has 0 fully saturated rings. The van der Waals surface area contributed by atoms with Crippen LogP contribution in [0.5, 0.6) is 23.0 Å². The number of aromatic nitrogens is 2. The van der Waals surface area contributed by atoms with Gasteiger partial charge in [-0.2, -0.15) is 4.98 Å². The summed E-state index contributed by atoms with van der Waals surface area (Å²) in [4.78, 5) is 15.0. The van der Waals surface area contributed by atoms with Crippen LogP contribution >= 0.6 is 0 Å². The molecule has 4 rings (SSSR count). The maximum Gasteiger partial charge on any atom is 0.269 e. The number of ether oxygens (including phenoxy) is 4. The molecule has 4 aromatic rings. The predicted molar refractivity (Wildman–Crippen MR) is 122 cm³/mol. The first kappa shape index (κ1) is 22.6. The van der Waals surface area contributed by atoms with Gasteiger partial charge in [0.25, 0.3) is 11.6 Å². The third kappa shape index (κ3) is 4.75. The molecule has 1 aromatic heterocycles. The van der Waals surface area contributed by atoms with Crippen LogP contribution in [-0.2, 0) is 6.61 Å². The Labute approximate surface area is 194 Å². The van der Waals surface area contributed by atoms with E-state index >= 15 is 0 Å². The predicted octanol–water partition coefficient (Wildman–Crippen LogP) is 4.92. The zero-order chi connectivity index (χ0) is 24.1. The van der Waals surface area contributed by atoms with E-state index in [9.17, 15) is 10.1 Å². The van der Waals surface area contributed by atoms with Crippen LogP contribution in [0.1, 0.15) is 5.56 Å². The molecule has 0 atom stereocenters. The number of nitrogens with zero attached hydrogens (tertiary/aromatic N) is 3. The SMILES string of the molecule is COc1ccc(-c2nc(-c3ccc(OCc4cccc([N+](=O)[O-])c4)c(OC)c3)no2)cc1OC. The van der Waals surface area contributed by atoms with Crippen molar-refractivity contribution in [2.75, 3.05) is 21.3 Å². The molecule has 0 radical (unpaired) electrons. The fraction of sp³-hybridized carbons (Fsp3) is 0.167. The Balaban J connectivity index is 1.54. The number of non-ortho nitro benzene ring substituents is 1. The maximum atomic E-state index is 11.0. The van der Waals surface area contributed by atoms with Gasteiger partial charge in [0.2, 0.25) is 5.82 Å². The first-order valence-corrected chi connectivity index (χ1v) is 10.1. The molecule has 0 aliphatic heterocycles. The monoisotopic (exact) mass is 463 g/mol. The molecule has 0 spiro atoms. The zero-order valence-corrected chi connectivity index (χ0v) is 18.7. The topological polar surface area (TPSA) is 119 Å². The van der Waals surface area contributed by atoms with Crippen LogP contribution in [0.25, 0.3) is 22.8 Å². The molecule has 174 valence electrons. The summed E-state index contributed by atoms with van der Waals surface area (Å²) in [7, 11) is 4.63. The molecule has 1 heterocycles. The minimum Gasteiger partial charge on any atom is -0.493 e.